The molecule has 3 aliphatic rings. The molecular weight excluding hydrogens is 703 g/mol. The smallest absolute Gasteiger partial charge is 0.411 e. The van der Waals surface area contributed by atoms with Crippen molar-refractivity contribution in [1.82, 2.24) is 20.3 Å². The lowest BCUT2D eigenvalue weighted by atomic mass is 9.85. The average molecular weight is 752 g/mol. The largest absolute Gasteiger partial charge is 0.444 e. The quantitative estimate of drug-likeness (QED) is 0.240. The van der Waals surface area contributed by atoms with Crippen LogP contribution in [0.3, 0.4) is 0 Å². The molecule has 5 rings (SSSR count). The van der Waals surface area contributed by atoms with Crippen molar-refractivity contribution in [2.45, 2.75) is 102 Å². The highest BCUT2D eigenvalue weighted by atomic mass is 32.2. The minimum Gasteiger partial charge on any atom is -0.444 e. The molecule has 286 valence electrons. The topological polar surface area (TPSA) is 189 Å². The van der Waals surface area contributed by atoms with Crippen LogP contribution in [0.15, 0.2) is 67.3 Å². The van der Waals surface area contributed by atoms with Gasteiger partial charge < -0.3 is 25.0 Å². The number of alkyl carbamates (subject to hydrolysis) is 1. The Morgan fingerprint density at radius 3 is 2.17 bits per heavy atom. The summed E-state index contributed by atoms with van der Waals surface area (Å²) >= 11 is 0. The first-order chi connectivity index (χ1) is 24.7. The van der Waals surface area contributed by atoms with Crippen molar-refractivity contribution in [1.29, 1.82) is 0 Å². The third kappa shape index (κ3) is 9.36. The van der Waals surface area contributed by atoms with Gasteiger partial charge in [0.15, 0.2) is 0 Å². The van der Waals surface area contributed by atoms with Gasteiger partial charge in [0.25, 0.3) is 5.91 Å². The second-order valence-corrected chi connectivity index (χ2v) is 17.9. The molecular formula is C38H49N5O9S. The number of amides is 5. The molecule has 0 radical (unpaired) electrons. The Hall–Kier alpha value is -4.92. The predicted molar refractivity (Wildman–Crippen MR) is 198 cm³/mol. The van der Waals surface area contributed by atoms with Gasteiger partial charge in [0.2, 0.25) is 21.8 Å². The van der Waals surface area contributed by atoms with Crippen LogP contribution in [0.2, 0.25) is 0 Å². The average Bonchev–Trinajstić information content (AvgIpc) is 3.99. The van der Waals surface area contributed by atoms with Gasteiger partial charge in [0.1, 0.15) is 29.3 Å². The Labute approximate surface area is 310 Å². The molecule has 5 unspecified atom stereocenters. The summed E-state index contributed by atoms with van der Waals surface area (Å²) in [6, 6.07) is 14.2. The summed E-state index contributed by atoms with van der Waals surface area (Å²) in [5.41, 5.74) is -1.23. The SMILES string of the molecule is C=CC1CC1(NC(=O)C1CC(OC(=O)Nc2ccccc2-c2ccccc2)CN1C(=O)C(NC(=O)OC(C)(C)C)C(C)(C)C)C(=O)NS(=O)(=O)C1CC1. The summed E-state index contributed by atoms with van der Waals surface area (Å²) in [7, 11) is -3.93. The van der Waals surface area contributed by atoms with E-state index in [2.05, 4.69) is 27.3 Å². The number of para-hydroxylation sites is 1. The monoisotopic (exact) mass is 751 g/mol. The maximum absolute atomic E-state index is 14.4. The lowest BCUT2D eigenvalue weighted by molar-refractivity contribution is -0.143. The molecule has 5 amide bonds. The molecule has 4 N–H and O–H groups in total. The molecule has 0 spiro atoms. The first-order valence-electron chi connectivity index (χ1n) is 17.7. The normalized spacial score (nSPS) is 23.2. The number of benzene rings is 2. The molecule has 0 aromatic heterocycles. The van der Waals surface area contributed by atoms with E-state index in [-0.39, 0.29) is 19.4 Å². The van der Waals surface area contributed by atoms with Crippen molar-refractivity contribution < 1.29 is 41.9 Å². The van der Waals surface area contributed by atoms with Gasteiger partial charge in [-0.15, -0.1) is 6.58 Å². The lowest BCUT2D eigenvalue weighted by Gasteiger charge is -2.36. The summed E-state index contributed by atoms with van der Waals surface area (Å²) in [4.78, 5) is 69.4. The van der Waals surface area contributed by atoms with E-state index >= 15 is 0 Å². The number of hydrogen-bond acceptors (Lipinski definition) is 9. The number of hydrogen-bond donors (Lipinski definition) is 4. The second kappa shape index (κ2) is 14.8. The number of nitrogens with one attached hydrogen (secondary N) is 4. The van der Waals surface area contributed by atoms with Gasteiger partial charge in [0.05, 0.1) is 17.5 Å². The zero-order chi connectivity index (χ0) is 38.9. The third-order valence-corrected chi connectivity index (χ3v) is 11.2. The highest BCUT2D eigenvalue weighted by Crippen LogP contribution is 2.45. The third-order valence-electron chi connectivity index (χ3n) is 9.39. The van der Waals surface area contributed by atoms with Crippen molar-refractivity contribution in [3.05, 3.63) is 67.3 Å². The highest BCUT2D eigenvalue weighted by Gasteiger charge is 2.62. The van der Waals surface area contributed by atoms with Gasteiger partial charge in [-0.2, -0.15) is 0 Å². The van der Waals surface area contributed by atoms with Gasteiger partial charge >= 0.3 is 12.2 Å². The van der Waals surface area contributed by atoms with E-state index in [4.69, 9.17) is 9.47 Å². The molecule has 53 heavy (non-hydrogen) atoms. The minimum absolute atomic E-state index is 0.100. The van der Waals surface area contributed by atoms with Crippen molar-refractivity contribution in [3.8, 4) is 11.1 Å². The van der Waals surface area contributed by atoms with Gasteiger partial charge in [-0.05, 0) is 57.1 Å². The first-order valence-corrected chi connectivity index (χ1v) is 19.2. The van der Waals surface area contributed by atoms with Crippen LogP contribution in [-0.4, -0.2) is 84.3 Å². The van der Waals surface area contributed by atoms with Gasteiger partial charge in [0, 0.05) is 17.9 Å². The van der Waals surface area contributed by atoms with Crippen molar-refractivity contribution in [2.24, 2.45) is 11.3 Å². The number of sulfonamides is 1. The minimum atomic E-state index is -3.93. The standard InChI is InChI=1S/C38H49N5O9S/c1-8-24-21-38(24,33(46)42-53(49,50)26-18-19-26)41-31(44)29-20-25(22-43(29)32(45)30(36(2,3)4)40-35(48)52-37(5,6)7)51-34(47)39-28-17-13-12-16-27(28)23-14-10-9-11-15-23/h8-17,24-26,29-30H,1,18-22H2,2-7H3,(H,39,47)(H,40,48)(H,41,44)(H,42,46). The summed E-state index contributed by atoms with van der Waals surface area (Å²) in [5, 5.41) is 7.47. The summed E-state index contributed by atoms with van der Waals surface area (Å²) < 4.78 is 38.7. The van der Waals surface area contributed by atoms with Gasteiger partial charge in [-0.3, -0.25) is 24.4 Å². The summed E-state index contributed by atoms with van der Waals surface area (Å²) in [6.07, 6.45) is -0.346. The fraction of sp³-hybridized carbons (Fsp3) is 0.500. The van der Waals surface area contributed by atoms with E-state index in [0.717, 1.165) is 11.1 Å². The van der Waals surface area contributed by atoms with Crippen LogP contribution >= 0.6 is 0 Å². The maximum atomic E-state index is 14.4. The van der Waals surface area contributed by atoms with E-state index in [0.29, 0.717) is 18.5 Å². The number of likely N-dealkylation sites (tertiary alicyclic amines) is 1. The molecule has 1 aliphatic heterocycles. The van der Waals surface area contributed by atoms with E-state index in [1.807, 2.05) is 42.5 Å². The van der Waals surface area contributed by atoms with Crippen LogP contribution in [0.4, 0.5) is 15.3 Å². The molecule has 2 aliphatic carbocycles. The number of nitrogens with zero attached hydrogens (tertiary/aromatic N) is 1. The predicted octanol–water partition coefficient (Wildman–Crippen LogP) is 4.48. The van der Waals surface area contributed by atoms with Crippen LogP contribution < -0.4 is 20.7 Å². The van der Waals surface area contributed by atoms with Gasteiger partial charge in [-0.25, -0.2) is 18.0 Å². The Morgan fingerprint density at radius 1 is 0.943 bits per heavy atom. The Kier molecular flexibility index (Phi) is 11.0. The Balaban J connectivity index is 1.39. The number of rotatable bonds is 11. The summed E-state index contributed by atoms with van der Waals surface area (Å²) in [6.45, 7) is 13.8. The molecule has 2 saturated carbocycles. The van der Waals surface area contributed by atoms with Gasteiger partial charge in [-0.1, -0.05) is 75.4 Å². The van der Waals surface area contributed by atoms with E-state index in [1.165, 1.54) is 11.0 Å². The number of carbonyl (C=O) groups is 5. The molecule has 2 aromatic rings. The van der Waals surface area contributed by atoms with Crippen LogP contribution in [0.1, 0.15) is 67.2 Å². The molecule has 2 aromatic carbocycles. The van der Waals surface area contributed by atoms with E-state index < -0.39 is 85.8 Å². The fourth-order valence-corrected chi connectivity index (χ4v) is 7.75. The van der Waals surface area contributed by atoms with Crippen molar-refractivity contribution in [3.63, 3.8) is 0 Å². The summed E-state index contributed by atoms with van der Waals surface area (Å²) in [5.74, 6) is -2.85. The zero-order valence-corrected chi connectivity index (χ0v) is 31.7. The molecule has 0 bridgehead atoms. The van der Waals surface area contributed by atoms with Crippen molar-refractivity contribution >= 4 is 45.6 Å². The Morgan fingerprint density at radius 2 is 1.58 bits per heavy atom. The molecule has 5 atom stereocenters. The molecule has 3 fully saturated rings. The number of anilines is 1. The van der Waals surface area contributed by atoms with Crippen LogP contribution in [-0.2, 0) is 33.9 Å². The highest BCUT2D eigenvalue weighted by molar-refractivity contribution is 7.91. The lowest BCUT2D eigenvalue weighted by Crippen LogP contribution is -2.60. The van der Waals surface area contributed by atoms with Crippen LogP contribution in [0.5, 0.6) is 0 Å². The second-order valence-electron chi connectivity index (χ2n) is 15.9. The Bertz CT molecular complexity index is 1870. The molecule has 1 heterocycles. The van der Waals surface area contributed by atoms with E-state index in [1.54, 1.807) is 53.7 Å². The molecule has 15 heteroatoms. The first kappa shape index (κ1) is 39.3. The molecule has 14 nitrogen and oxygen atoms in total. The molecule has 1 saturated heterocycles. The number of ether oxygens (including phenoxy) is 2. The fourth-order valence-electron chi connectivity index (χ4n) is 6.39. The van der Waals surface area contributed by atoms with Crippen LogP contribution in [0, 0.1) is 11.3 Å². The van der Waals surface area contributed by atoms with Crippen molar-refractivity contribution in [2.75, 3.05) is 11.9 Å². The maximum Gasteiger partial charge on any atom is 0.411 e. The number of carbonyl (C=O) groups excluding carboxylic acids is 5. The van der Waals surface area contributed by atoms with E-state index in [9.17, 15) is 32.4 Å². The zero-order valence-electron chi connectivity index (χ0n) is 30.9. The van der Waals surface area contributed by atoms with Crippen LogP contribution in [0.25, 0.3) is 11.1 Å².